The van der Waals surface area contributed by atoms with E-state index in [4.69, 9.17) is 4.74 Å². The van der Waals surface area contributed by atoms with Gasteiger partial charge in [-0.25, -0.2) is 4.98 Å². The predicted octanol–water partition coefficient (Wildman–Crippen LogP) is 2.77. The number of anilines is 2. The van der Waals surface area contributed by atoms with Gasteiger partial charge >= 0.3 is 0 Å². The number of rotatable bonds is 5. The van der Waals surface area contributed by atoms with Gasteiger partial charge in [-0.1, -0.05) is 12.1 Å². The van der Waals surface area contributed by atoms with Crippen molar-refractivity contribution in [2.24, 2.45) is 0 Å². The Bertz CT molecular complexity index is 766. The lowest BCUT2D eigenvalue weighted by atomic mass is 10.1. The van der Waals surface area contributed by atoms with E-state index in [1.807, 2.05) is 24.3 Å². The number of hydrogen-bond acceptors (Lipinski definition) is 5. The van der Waals surface area contributed by atoms with E-state index in [0.29, 0.717) is 5.56 Å². The third-order valence-corrected chi connectivity index (χ3v) is 5.16. The number of morpholine rings is 1. The number of carbonyl (C=O) groups is 1. The lowest BCUT2D eigenvalue weighted by molar-refractivity contribution is 0.0342. The number of aromatic nitrogens is 1. The Hall–Kier alpha value is -2.44. The van der Waals surface area contributed by atoms with Crippen molar-refractivity contribution in [1.82, 2.24) is 9.88 Å². The van der Waals surface area contributed by atoms with Gasteiger partial charge in [0.15, 0.2) is 0 Å². The van der Waals surface area contributed by atoms with Gasteiger partial charge in [0.1, 0.15) is 5.82 Å². The van der Waals surface area contributed by atoms with E-state index in [-0.39, 0.29) is 5.91 Å². The fraction of sp³-hybridized carbons (Fsp3) is 0.429. The third-order valence-electron chi connectivity index (χ3n) is 5.16. The molecular weight excluding hydrogens is 340 g/mol. The molecule has 6 nitrogen and oxygen atoms in total. The van der Waals surface area contributed by atoms with Gasteiger partial charge in [-0.05, 0) is 42.7 Å². The minimum absolute atomic E-state index is 0.106. The Kier molecular flexibility index (Phi) is 5.65. The summed E-state index contributed by atoms with van der Waals surface area (Å²) in [6.45, 7) is 6.40. The minimum Gasteiger partial charge on any atom is -0.379 e. The first kappa shape index (κ1) is 17.9. The van der Waals surface area contributed by atoms with Crippen molar-refractivity contribution < 1.29 is 9.53 Å². The summed E-state index contributed by atoms with van der Waals surface area (Å²) in [7, 11) is 0. The zero-order chi connectivity index (χ0) is 18.5. The van der Waals surface area contributed by atoms with E-state index in [0.717, 1.165) is 70.3 Å². The van der Waals surface area contributed by atoms with Crippen LogP contribution >= 0.6 is 0 Å². The van der Waals surface area contributed by atoms with Gasteiger partial charge in [-0.2, -0.15) is 0 Å². The number of pyridine rings is 1. The van der Waals surface area contributed by atoms with Crippen molar-refractivity contribution in [3.63, 3.8) is 0 Å². The lowest BCUT2D eigenvalue weighted by Gasteiger charge is -2.26. The van der Waals surface area contributed by atoms with E-state index in [1.165, 1.54) is 5.56 Å². The maximum Gasteiger partial charge on any atom is 0.259 e. The molecule has 4 rings (SSSR count). The largest absolute Gasteiger partial charge is 0.379 e. The van der Waals surface area contributed by atoms with Crippen LogP contribution in [-0.2, 0) is 11.3 Å². The Morgan fingerprint density at radius 1 is 1.04 bits per heavy atom. The zero-order valence-electron chi connectivity index (χ0n) is 15.6. The van der Waals surface area contributed by atoms with Gasteiger partial charge in [0.25, 0.3) is 5.91 Å². The van der Waals surface area contributed by atoms with Gasteiger partial charge < -0.3 is 15.0 Å². The molecule has 3 heterocycles. The number of nitrogens with zero attached hydrogens (tertiary/aromatic N) is 3. The Balaban J connectivity index is 1.41. The lowest BCUT2D eigenvalue weighted by Crippen LogP contribution is -2.35. The van der Waals surface area contributed by atoms with Gasteiger partial charge in [-0.15, -0.1) is 0 Å². The summed E-state index contributed by atoms with van der Waals surface area (Å²) < 4.78 is 5.39. The second-order valence-corrected chi connectivity index (χ2v) is 7.11. The number of carbonyl (C=O) groups excluding carboxylic acids is 1. The van der Waals surface area contributed by atoms with Crippen LogP contribution in [0.4, 0.5) is 11.5 Å². The SMILES string of the molecule is O=C(Nc1ccc(CN2CCOCC2)cc1)c1cccnc1N1CCCC1. The molecule has 2 aliphatic rings. The molecule has 27 heavy (non-hydrogen) atoms. The predicted molar refractivity (Wildman–Crippen MR) is 106 cm³/mol. The summed E-state index contributed by atoms with van der Waals surface area (Å²) in [5, 5.41) is 3.01. The fourth-order valence-corrected chi connectivity index (χ4v) is 3.66. The molecule has 1 N–H and O–H groups in total. The summed E-state index contributed by atoms with van der Waals surface area (Å²) >= 11 is 0. The molecule has 0 bridgehead atoms. The molecule has 1 aromatic heterocycles. The highest BCUT2D eigenvalue weighted by molar-refractivity contribution is 6.07. The molecule has 2 aromatic rings. The first-order chi connectivity index (χ1) is 13.3. The maximum atomic E-state index is 12.8. The standard InChI is InChI=1S/C21H26N4O2/c26-21(19-4-3-9-22-20(19)25-10-1-2-11-25)23-18-7-5-17(6-8-18)16-24-12-14-27-15-13-24/h3-9H,1-2,10-16H2,(H,23,26). The summed E-state index contributed by atoms with van der Waals surface area (Å²) in [4.78, 5) is 21.8. The molecule has 2 aliphatic heterocycles. The molecule has 1 amide bonds. The molecule has 0 aliphatic carbocycles. The highest BCUT2D eigenvalue weighted by atomic mass is 16.5. The Morgan fingerprint density at radius 3 is 2.52 bits per heavy atom. The second-order valence-electron chi connectivity index (χ2n) is 7.11. The monoisotopic (exact) mass is 366 g/mol. The van der Waals surface area contributed by atoms with Crippen LogP contribution in [0.2, 0.25) is 0 Å². The van der Waals surface area contributed by atoms with Crippen LogP contribution in [0, 0.1) is 0 Å². The van der Waals surface area contributed by atoms with Crippen LogP contribution in [0.25, 0.3) is 0 Å². The van der Waals surface area contributed by atoms with Gasteiger partial charge in [-0.3, -0.25) is 9.69 Å². The summed E-state index contributed by atoms with van der Waals surface area (Å²) in [6, 6.07) is 11.8. The average molecular weight is 366 g/mol. The fourth-order valence-electron chi connectivity index (χ4n) is 3.66. The third kappa shape index (κ3) is 4.46. The number of hydrogen-bond donors (Lipinski definition) is 1. The number of amides is 1. The minimum atomic E-state index is -0.106. The summed E-state index contributed by atoms with van der Waals surface area (Å²) in [5.41, 5.74) is 2.69. The van der Waals surface area contributed by atoms with Crippen LogP contribution < -0.4 is 10.2 Å². The first-order valence-electron chi connectivity index (χ1n) is 9.70. The van der Waals surface area contributed by atoms with E-state index in [2.05, 4.69) is 32.2 Å². The average Bonchev–Trinajstić information content (AvgIpc) is 3.25. The highest BCUT2D eigenvalue weighted by Crippen LogP contribution is 2.23. The molecule has 0 saturated carbocycles. The molecule has 1 aromatic carbocycles. The van der Waals surface area contributed by atoms with Gasteiger partial charge in [0.05, 0.1) is 18.8 Å². The summed E-state index contributed by atoms with van der Waals surface area (Å²) in [6.07, 6.45) is 4.06. The van der Waals surface area contributed by atoms with E-state index in [1.54, 1.807) is 6.20 Å². The Morgan fingerprint density at radius 2 is 1.78 bits per heavy atom. The molecule has 0 atom stereocenters. The maximum absolute atomic E-state index is 12.8. The Labute approximate surface area is 160 Å². The molecule has 2 fully saturated rings. The molecule has 142 valence electrons. The molecular formula is C21H26N4O2. The van der Waals surface area contributed by atoms with Crippen molar-refractivity contribution in [2.45, 2.75) is 19.4 Å². The van der Waals surface area contributed by atoms with Crippen molar-refractivity contribution >= 4 is 17.4 Å². The van der Waals surface area contributed by atoms with Gasteiger partial charge in [0.2, 0.25) is 0 Å². The smallest absolute Gasteiger partial charge is 0.259 e. The first-order valence-corrected chi connectivity index (χ1v) is 9.70. The van der Waals surface area contributed by atoms with Crippen molar-refractivity contribution in [3.8, 4) is 0 Å². The number of ether oxygens (including phenoxy) is 1. The van der Waals surface area contributed by atoms with Crippen LogP contribution in [0.15, 0.2) is 42.6 Å². The van der Waals surface area contributed by atoms with Crippen molar-refractivity contribution in [2.75, 3.05) is 49.6 Å². The van der Waals surface area contributed by atoms with E-state index >= 15 is 0 Å². The van der Waals surface area contributed by atoms with Gasteiger partial charge in [0, 0.05) is 44.6 Å². The van der Waals surface area contributed by atoms with Crippen LogP contribution in [0.3, 0.4) is 0 Å². The zero-order valence-corrected chi connectivity index (χ0v) is 15.6. The molecule has 0 spiro atoms. The number of nitrogens with one attached hydrogen (secondary N) is 1. The highest BCUT2D eigenvalue weighted by Gasteiger charge is 2.20. The van der Waals surface area contributed by atoms with E-state index < -0.39 is 0 Å². The molecule has 6 heteroatoms. The van der Waals surface area contributed by atoms with Crippen molar-refractivity contribution in [1.29, 1.82) is 0 Å². The topological polar surface area (TPSA) is 57.7 Å². The van der Waals surface area contributed by atoms with Crippen molar-refractivity contribution in [3.05, 3.63) is 53.7 Å². The quantitative estimate of drug-likeness (QED) is 0.882. The normalized spacial score (nSPS) is 17.9. The second kappa shape index (κ2) is 8.50. The van der Waals surface area contributed by atoms with E-state index in [9.17, 15) is 4.79 Å². The van der Waals surface area contributed by atoms with Crippen LogP contribution in [-0.4, -0.2) is 55.2 Å². The molecule has 2 saturated heterocycles. The summed E-state index contributed by atoms with van der Waals surface area (Å²) in [5.74, 6) is 0.683. The van der Waals surface area contributed by atoms with Crippen LogP contribution in [0.5, 0.6) is 0 Å². The number of benzene rings is 1. The molecule has 0 unspecified atom stereocenters. The van der Waals surface area contributed by atoms with Crippen LogP contribution in [0.1, 0.15) is 28.8 Å². The molecule has 0 radical (unpaired) electrons.